The zero-order chi connectivity index (χ0) is 12.1. The summed E-state index contributed by atoms with van der Waals surface area (Å²) in [7, 11) is 0. The number of alkyl carbamates (subject to hydrolysis) is 1. The van der Waals surface area contributed by atoms with Crippen LogP contribution in [0.4, 0.5) is 4.79 Å². The van der Waals surface area contributed by atoms with Crippen molar-refractivity contribution in [2.24, 2.45) is 0 Å². The number of rotatable bonds is 4. The third-order valence-electron chi connectivity index (χ3n) is 3.01. The average Bonchev–Trinajstić information content (AvgIpc) is 2.73. The molecule has 0 spiro atoms. The maximum absolute atomic E-state index is 11.1. The summed E-state index contributed by atoms with van der Waals surface area (Å²) in [6, 6.07) is 0. The number of fused-ring (bicyclic) bond motifs is 1. The first-order valence-electron chi connectivity index (χ1n) is 6.25. The lowest BCUT2D eigenvalue weighted by molar-refractivity contribution is 0.151. The Bertz CT molecular complexity index is 387. The number of carbonyl (C=O) groups excluding carboxylic acids is 1. The fourth-order valence-electron chi connectivity index (χ4n) is 2.19. The van der Waals surface area contributed by atoms with Crippen LogP contribution in [0.5, 0.6) is 0 Å². The van der Waals surface area contributed by atoms with Gasteiger partial charge in [-0.25, -0.2) is 4.79 Å². The number of carbonyl (C=O) groups is 1. The number of aryl methyl sites for hydroxylation is 1. The van der Waals surface area contributed by atoms with Crippen molar-refractivity contribution < 1.29 is 9.53 Å². The summed E-state index contributed by atoms with van der Waals surface area (Å²) in [5.74, 6) is 0. The number of aromatic nitrogens is 2. The molecule has 1 heterocycles. The van der Waals surface area contributed by atoms with Gasteiger partial charge in [0.05, 0.1) is 19.3 Å². The minimum atomic E-state index is -0.353. The third kappa shape index (κ3) is 2.99. The van der Waals surface area contributed by atoms with Crippen LogP contribution in [0, 0.1) is 0 Å². The fourth-order valence-corrected chi connectivity index (χ4v) is 2.19. The molecule has 0 saturated carbocycles. The van der Waals surface area contributed by atoms with Gasteiger partial charge in [-0.15, -0.1) is 0 Å². The van der Waals surface area contributed by atoms with Crippen molar-refractivity contribution in [1.82, 2.24) is 15.1 Å². The standard InChI is InChI=1S/C12H19N3O2/c1-2-17-12(16)13-7-8-15-11-6-4-3-5-10(11)9-14-15/h9H,2-8H2,1H3,(H,13,16). The molecule has 5 nitrogen and oxygen atoms in total. The van der Waals surface area contributed by atoms with Crippen LogP contribution in [0.2, 0.25) is 0 Å². The molecule has 0 bridgehead atoms. The molecule has 0 unspecified atom stereocenters. The van der Waals surface area contributed by atoms with Crippen molar-refractivity contribution in [1.29, 1.82) is 0 Å². The van der Waals surface area contributed by atoms with Crippen LogP contribution < -0.4 is 5.32 Å². The van der Waals surface area contributed by atoms with Crippen LogP contribution in [-0.2, 0) is 24.1 Å². The molecule has 1 aliphatic rings. The first-order valence-corrected chi connectivity index (χ1v) is 6.25. The highest BCUT2D eigenvalue weighted by Crippen LogP contribution is 2.20. The van der Waals surface area contributed by atoms with Gasteiger partial charge in [-0.2, -0.15) is 5.10 Å². The summed E-state index contributed by atoms with van der Waals surface area (Å²) in [5, 5.41) is 7.07. The van der Waals surface area contributed by atoms with Gasteiger partial charge in [0.2, 0.25) is 0 Å². The normalized spacial score (nSPS) is 14.2. The van der Waals surface area contributed by atoms with Gasteiger partial charge < -0.3 is 10.1 Å². The molecule has 17 heavy (non-hydrogen) atoms. The number of nitrogens with one attached hydrogen (secondary N) is 1. The first-order chi connectivity index (χ1) is 8.31. The van der Waals surface area contributed by atoms with Crippen LogP contribution in [0.1, 0.15) is 31.0 Å². The van der Waals surface area contributed by atoms with Crippen LogP contribution in [-0.4, -0.2) is 29.0 Å². The molecule has 0 atom stereocenters. The highest BCUT2D eigenvalue weighted by atomic mass is 16.5. The largest absolute Gasteiger partial charge is 0.450 e. The highest BCUT2D eigenvalue weighted by Gasteiger charge is 2.14. The Balaban J connectivity index is 1.83. The van der Waals surface area contributed by atoms with Crippen molar-refractivity contribution in [3.05, 3.63) is 17.5 Å². The Labute approximate surface area is 101 Å². The van der Waals surface area contributed by atoms with Crippen molar-refractivity contribution in [2.45, 2.75) is 39.2 Å². The van der Waals surface area contributed by atoms with E-state index in [1.807, 2.05) is 10.9 Å². The van der Waals surface area contributed by atoms with Gasteiger partial charge in [0, 0.05) is 12.2 Å². The molecule has 1 aromatic rings. The predicted octanol–water partition coefficient (Wildman–Crippen LogP) is 1.51. The van der Waals surface area contributed by atoms with Gasteiger partial charge in [0.15, 0.2) is 0 Å². The maximum Gasteiger partial charge on any atom is 0.407 e. The lowest BCUT2D eigenvalue weighted by Crippen LogP contribution is -2.28. The van der Waals surface area contributed by atoms with Gasteiger partial charge in [0.25, 0.3) is 0 Å². The SMILES string of the molecule is CCOC(=O)NCCn1ncc2c1CCCC2. The Kier molecular flexibility index (Phi) is 4.01. The molecule has 5 heteroatoms. The van der Waals surface area contributed by atoms with Crippen LogP contribution in [0.25, 0.3) is 0 Å². The molecule has 1 amide bonds. The van der Waals surface area contributed by atoms with Crippen molar-refractivity contribution in [3.8, 4) is 0 Å². The minimum absolute atomic E-state index is 0.353. The zero-order valence-corrected chi connectivity index (χ0v) is 10.2. The highest BCUT2D eigenvalue weighted by molar-refractivity contribution is 5.66. The summed E-state index contributed by atoms with van der Waals surface area (Å²) in [5.41, 5.74) is 2.70. The van der Waals surface area contributed by atoms with E-state index in [-0.39, 0.29) is 6.09 Å². The number of hydrogen-bond donors (Lipinski definition) is 1. The van der Waals surface area contributed by atoms with E-state index in [1.165, 1.54) is 24.1 Å². The molecular weight excluding hydrogens is 218 g/mol. The number of amides is 1. The second-order valence-electron chi connectivity index (χ2n) is 4.19. The molecule has 2 rings (SSSR count). The second kappa shape index (κ2) is 5.70. The van der Waals surface area contributed by atoms with Crippen molar-refractivity contribution >= 4 is 6.09 Å². The summed E-state index contributed by atoms with van der Waals surface area (Å²) in [4.78, 5) is 11.1. The molecule has 0 saturated heterocycles. The Morgan fingerprint density at radius 2 is 2.35 bits per heavy atom. The quantitative estimate of drug-likeness (QED) is 0.863. The van der Waals surface area contributed by atoms with E-state index >= 15 is 0 Å². The van der Waals surface area contributed by atoms with Gasteiger partial charge in [0.1, 0.15) is 0 Å². The van der Waals surface area contributed by atoms with E-state index in [4.69, 9.17) is 4.74 Å². The molecule has 0 fully saturated rings. The molecule has 1 aromatic heterocycles. The molecule has 1 N–H and O–H groups in total. The Morgan fingerprint density at radius 3 is 3.18 bits per heavy atom. The molecule has 0 aromatic carbocycles. The Hall–Kier alpha value is -1.52. The Morgan fingerprint density at radius 1 is 1.53 bits per heavy atom. The maximum atomic E-state index is 11.1. The summed E-state index contributed by atoms with van der Waals surface area (Å²) >= 11 is 0. The summed E-state index contributed by atoms with van der Waals surface area (Å²) < 4.78 is 6.79. The topological polar surface area (TPSA) is 56.1 Å². The second-order valence-corrected chi connectivity index (χ2v) is 4.19. The van der Waals surface area contributed by atoms with E-state index in [0.717, 1.165) is 12.8 Å². The van der Waals surface area contributed by atoms with Gasteiger partial charge in [-0.05, 0) is 38.2 Å². The van der Waals surface area contributed by atoms with E-state index < -0.39 is 0 Å². The first kappa shape index (κ1) is 12.0. The molecule has 0 radical (unpaired) electrons. The molecule has 0 aliphatic heterocycles. The lowest BCUT2D eigenvalue weighted by atomic mass is 9.98. The fraction of sp³-hybridized carbons (Fsp3) is 0.667. The van der Waals surface area contributed by atoms with Crippen molar-refractivity contribution in [2.75, 3.05) is 13.2 Å². The van der Waals surface area contributed by atoms with Gasteiger partial charge >= 0.3 is 6.09 Å². The van der Waals surface area contributed by atoms with Crippen molar-refractivity contribution in [3.63, 3.8) is 0 Å². The number of ether oxygens (including phenoxy) is 1. The summed E-state index contributed by atoms with van der Waals surface area (Å²) in [6.07, 6.45) is 6.35. The van der Waals surface area contributed by atoms with E-state index in [9.17, 15) is 4.79 Å². The number of hydrogen-bond acceptors (Lipinski definition) is 3. The summed E-state index contributed by atoms with van der Waals surface area (Å²) in [6.45, 7) is 3.48. The van der Waals surface area contributed by atoms with E-state index in [0.29, 0.717) is 19.7 Å². The van der Waals surface area contributed by atoms with Gasteiger partial charge in [-0.3, -0.25) is 4.68 Å². The molecule has 1 aliphatic carbocycles. The van der Waals surface area contributed by atoms with Crippen LogP contribution in [0.3, 0.4) is 0 Å². The molecular formula is C12H19N3O2. The predicted molar refractivity (Wildman–Crippen MR) is 63.9 cm³/mol. The van der Waals surface area contributed by atoms with Crippen LogP contribution in [0.15, 0.2) is 6.20 Å². The minimum Gasteiger partial charge on any atom is -0.450 e. The average molecular weight is 237 g/mol. The van der Waals surface area contributed by atoms with E-state index in [2.05, 4.69) is 10.4 Å². The smallest absolute Gasteiger partial charge is 0.407 e. The monoisotopic (exact) mass is 237 g/mol. The molecule has 94 valence electrons. The number of nitrogens with zero attached hydrogens (tertiary/aromatic N) is 2. The zero-order valence-electron chi connectivity index (χ0n) is 10.2. The van der Waals surface area contributed by atoms with Gasteiger partial charge in [-0.1, -0.05) is 0 Å². The third-order valence-corrected chi connectivity index (χ3v) is 3.01. The van der Waals surface area contributed by atoms with Crippen LogP contribution >= 0.6 is 0 Å². The lowest BCUT2D eigenvalue weighted by Gasteiger charge is -2.14. The van der Waals surface area contributed by atoms with E-state index in [1.54, 1.807) is 6.92 Å².